The highest BCUT2D eigenvalue weighted by molar-refractivity contribution is 6.00. The second kappa shape index (κ2) is 9.77. The molecule has 0 aliphatic carbocycles. The van der Waals surface area contributed by atoms with Crippen molar-refractivity contribution in [3.8, 4) is 0 Å². The number of nitrogens with one attached hydrogen (secondary N) is 1. The summed E-state index contributed by atoms with van der Waals surface area (Å²) in [6, 6.07) is 13.5. The molecule has 1 aliphatic rings. The molecule has 0 radical (unpaired) electrons. The zero-order chi connectivity index (χ0) is 22.5. The van der Waals surface area contributed by atoms with Crippen molar-refractivity contribution in [2.24, 2.45) is 5.92 Å². The number of hydrogen-bond donors (Lipinski definition) is 1. The Kier molecular flexibility index (Phi) is 7.10. The molecule has 2 aromatic carbocycles. The van der Waals surface area contributed by atoms with E-state index in [0.717, 1.165) is 28.8 Å². The van der Waals surface area contributed by atoms with Gasteiger partial charge in [-0.15, -0.1) is 0 Å². The second-order valence-electron chi connectivity index (χ2n) is 8.18. The van der Waals surface area contributed by atoms with Gasteiger partial charge in [0.1, 0.15) is 0 Å². The normalized spacial score (nSPS) is 16.8. The molecular weight excluding hydrogens is 392 g/mol. The summed E-state index contributed by atoms with van der Waals surface area (Å²) in [7, 11) is 0. The summed E-state index contributed by atoms with van der Waals surface area (Å²) in [4.78, 5) is 39.1. The van der Waals surface area contributed by atoms with E-state index < -0.39 is 17.8 Å². The molecule has 31 heavy (non-hydrogen) atoms. The Morgan fingerprint density at radius 1 is 1.16 bits per heavy atom. The largest absolute Gasteiger partial charge is 0.455 e. The monoisotopic (exact) mass is 422 g/mol. The Morgan fingerprint density at radius 3 is 2.65 bits per heavy atom. The molecule has 3 rings (SSSR count). The number of amides is 2. The van der Waals surface area contributed by atoms with Crippen LogP contribution in [0.1, 0.15) is 49.3 Å². The molecule has 6 nitrogen and oxygen atoms in total. The maximum absolute atomic E-state index is 12.6. The van der Waals surface area contributed by atoms with Crippen molar-refractivity contribution in [2.75, 3.05) is 23.4 Å². The van der Waals surface area contributed by atoms with Gasteiger partial charge in [0, 0.05) is 24.3 Å². The number of esters is 1. The van der Waals surface area contributed by atoms with Gasteiger partial charge in [-0.2, -0.15) is 0 Å². The van der Waals surface area contributed by atoms with Crippen LogP contribution in [-0.4, -0.2) is 30.9 Å². The SMILES string of the molecule is CC[C@@H](C)c1ccccc1N1C[C@@H](C(=O)OCC(=O)Nc2cccc(C)c2C)CC1=O. The van der Waals surface area contributed by atoms with Crippen LogP contribution < -0.4 is 10.2 Å². The molecule has 0 unspecified atom stereocenters. The van der Waals surface area contributed by atoms with Crippen LogP contribution in [0.3, 0.4) is 0 Å². The number of rotatable bonds is 7. The number of aryl methyl sites for hydroxylation is 1. The van der Waals surface area contributed by atoms with Gasteiger partial charge >= 0.3 is 5.97 Å². The van der Waals surface area contributed by atoms with E-state index in [1.165, 1.54) is 0 Å². The smallest absolute Gasteiger partial charge is 0.311 e. The summed E-state index contributed by atoms with van der Waals surface area (Å²) in [5.41, 5.74) is 4.69. The van der Waals surface area contributed by atoms with Crippen molar-refractivity contribution >= 4 is 29.2 Å². The van der Waals surface area contributed by atoms with Crippen LogP contribution in [0.2, 0.25) is 0 Å². The van der Waals surface area contributed by atoms with Crippen LogP contribution in [0, 0.1) is 19.8 Å². The van der Waals surface area contributed by atoms with Crippen LogP contribution in [0.15, 0.2) is 42.5 Å². The number of benzene rings is 2. The maximum atomic E-state index is 12.6. The third-order valence-corrected chi connectivity index (χ3v) is 6.05. The number of para-hydroxylation sites is 1. The van der Waals surface area contributed by atoms with Gasteiger partial charge in [-0.3, -0.25) is 14.4 Å². The van der Waals surface area contributed by atoms with E-state index in [0.29, 0.717) is 11.6 Å². The van der Waals surface area contributed by atoms with E-state index in [1.807, 2.05) is 56.3 Å². The first kappa shape index (κ1) is 22.5. The summed E-state index contributed by atoms with van der Waals surface area (Å²) in [6.45, 7) is 8.01. The van der Waals surface area contributed by atoms with Crippen molar-refractivity contribution in [3.63, 3.8) is 0 Å². The molecule has 0 saturated carbocycles. The summed E-state index contributed by atoms with van der Waals surface area (Å²) >= 11 is 0. The molecule has 0 spiro atoms. The van der Waals surface area contributed by atoms with Crippen molar-refractivity contribution in [3.05, 3.63) is 59.2 Å². The van der Waals surface area contributed by atoms with E-state index in [4.69, 9.17) is 4.74 Å². The Morgan fingerprint density at radius 2 is 1.90 bits per heavy atom. The molecule has 0 aromatic heterocycles. The molecule has 2 atom stereocenters. The summed E-state index contributed by atoms with van der Waals surface area (Å²) in [5.74, 6) is -1.29. The lowest BCUT2D eigenvalue weighted by Gasteiger charge is -2.23. The first-order valence-corrected chi connectivity index (χ1v) is 10.7. The van der Waals surface area contributed by atoms with Crippen LogP contribution in [0.25, 0.3) is 0 Å². The predicted molar refractivity (Wildman–Crippen MR) is 121 cm³/mol. The highest BCUT2D eigenvalue weighted by Gasteiger charge is 2.37. The molecular formula is C25H30N2O4. The third-order valence-electron chi connectivity index (χ3n) is 6.05. The van der Waals surface area contributed by atoms with Crippen LogP contribution in [-0.2, 0) is 19.1 Å². The average molecular weight is 423 g/mol. The van der Waals surface area contributed by atoms with Gasteiger partial charge in [-0.1, -0.05) is 44.2 Å². The summed E-state index contributed by atoms with van der Waals surface area (Å²) in [6.07, 6.45) is 1.05. The fraction of sp³-hybridized carbons (Fsp3) is 0.400. The van der Waals surface area contributed by atoms with Gasteiger partial charge in [0.05, 0.1) is 5.92 Å². The predicted octanol–water partition coefficient (Wildman–Crippen LogP) is 4.35. The molecule has 1 heterocycles. The molecule has 0 bridgehead atoms. The van der Waals surface area contributed by atoms with Crippen LogP contribution in [0.4, 0.5) is 11.4 Å². The van der Waals surface area contributed by atoms with Gasteiger partial charge in [-0.05, 0) is 55.0 Å². The fourth-order valence-electron chi connectivity index (χ4n) is 3.80. The van der Waals surface area contributed by atoms with E-state index in [1.54, 1.807) is 4.90 Å². The van der Waals surface area contributed by atoms with Gasteiger partial charge < -0.3 is 15.0 Å². The standard InChI is InChI=1S/C25H30N2O4/c1-5-16(2)20-10-6-7-12-22(20)27-14-19(13-24(27)29)25(30)31-15-23(28)26-21-11-8-9-17(3)18(21)4/h6-12,16,19H,5,13-15H2,1-4H3,(H,26,28)/t16-,19+/m1/s1. The van der Waals surface area contributed by atoms with E-state index >= 15 is 0 Å². The maximum Gasteiger partial charge on any atom is 0.311 e. The third kappa shape index (κ3) is 5.13. The molecule has 1 N–H and O–H groups in total. The van der Waals surface area contributed by atoms with Gasteiger partial charge in [0.2, 0.25) is 5.91 Å². The number of anilines is 2. The van der Waals surface area contributed by atoms with Crippen molar-refractivity contribution in [1.82, 2.24) is 0 Å². The molecule has 6 heteroatoms. The minimum atomic E-state index is -0.578. The lowest BCUT2D eigenvalue weighted by molar-refractivity contribution is -0.151. The van der Waals surface area contributed by atoms with Crippen LogP contribution >= 0.6 is 0 Å². The Hall–Kier alpha value is -3.15. The quantitative estimate of drug-likeness (QED) is 0.673. The number of ether oxygens (including phenoxy) is 1. The molecule has 164 valence electrons. The zero-order valence-corrected chi connectivity index (χ0v) is 18.6. The molecule has 1 fully saturated rings. The fourth-order valence-corrected chi connectivity index (χ4v) is 3.80. The summed E-state index contributed by atoms with van der Waals surface area (Å²) in [5, 5.41) is 2.77. The lowest BCUT2D eigenvalue weighted by atomic mass is 9.96. The second-order valence-corrected chi connectivity index (χ2v) is 8.18. The Balaban J connectivity index is 1.60. The first-order valence-electron chi connectivity index (χ1n) is 10.7. The van der Waals surface area contributed by atoms with Gasteiger partial charge in [0.25, 0.3) is 5.91 Å². The number of carbonyl (C=O) groups is 3. The highest BCUT2D eigenvalue weighted by Crippen LogP contribution is 2.33. The van der Waals surface area contributed by atoms with E-state index in [9.17, 15) is 14.4 Å². The molecule has 1 aliphatic heterocycles. The molecule has 2 amide bonds. The molecule has 2 aromatic rings. The lowest BCUT2D eigenvalue weighted by Crippen LogP contribution is -2.29. The zero-order valence-electron chi connectivity index (χ0n) is 18.6. The first-order chi connectivity index (χ1) is 14.8. The number of hydrogen-bond acceptors (Lipinski definition) is 4. The molecule has 1 saturated heterocycles. The van der Waals surface area contributed by atoms with E-state index in [-0.39, 0.29) is 25.5 Å². The minimum Gasteiger partial charge on any atom is -0.455 e. The van der Waals surface area contributed by atoms with Crippen LogP contribution in [0.5, 0.6) is 0 Å². The van der Waals surface area contributed by atoms with E-state index in [2.05, 4.69) is 19.2 Å². The minimum absolute atomic E-state index is 0.0896. The van der Waals surface area contributed by atoms with Gasteiger partial charge in [0.15, 0.2) is 6.61 Å². The van der Waals surface area contributed by atoms with Gasteiger partial charge in [-0.25, -0.2) is 0 Å². The number of nitrogens with zero attached hydrogens (tertiary/aromatic N) is 1. The topological polar surface area (TPSA) is 75.7 Å². The highest BCUT2D eigenvalue weighted by atomic mass is 16.5. The Labute approximate surface area is 183 Å². The van der Waals surface area contributed by atoms with Crippen molar-refractivity contribution in [1.29, 1.82) is 0 Å². The Bertz CT molecular complexity index is 985. The van der Waals surface area contributed by atoms with Crippen molar-refractivity contribution in [2.45, 2.75) is 46.5 Å². The average Bonchev–Trinajstić information content (AvgIpc) is 3.16. The number of carbonyl (C=O) groups excluding carboxylic acids is 3. The summed E-state index contributed by atoms with van der Waals surface area (Å²) < 4.78 is 5.23. The van der Waals surface area contributed by atoms with Crippen molar-refractivity contribution < 1.29 is 19.1 Å².